The van der Waals surface area contributed by atoms with Gasteiger partial charge in [0.15, 0.2) is 0 Å². The largest absolute Gasteiger partial charge is 0.494 e. The number of thioether (sulfide) groups is 1. The Morgan fingerprint density at radius 3 is 2.52 bits per heavy atom. The van der Waals surface area contributed by atoms with E-state index >= 15 is 0 Å². The van der Waals surface area contributed by atoms with Gasteiger partial charge in [-0.2, -0.15) is 0 Å². The molecule has 4 nitrogen and oxygen atoms in total. The Labute approximate surface area is 177 Å². The van der Waals surface area contributed by atoms with E-state index < -0.39 is 0 Å². The molecule has 146 valence electrons. The van der Waals surface area contributed by atoms with Crippen LogP contribution in [0.5, 0.6) is 5.75 Å². The highest BCUT2D eigenvalue weighted by Crippen LogP contribution is 2.41. The Hall–Kier alpha value is -2.83. The first-order valence-corrected chi connectivity index (χ1v) is 11.1. The Balaban J connectivity index is 1.69. The SMILES string of the molecule is CCOc1cccc(N2C(=O)C(SCc3ccccc3)=C(c3cccs3)C2=O)c1. The Kier molecular flexibility index (Phi) is 5.83. The van der Waals surface area contributed by atoms with Crippen molar-refractivity contribution in [2.75, 3.05) is 11.5 Å². The average Bonchev–Trinajstić information content (AvgIpc) is 3.34. The molecule has 0 saturated carbocycles. The quantitative estimate of drug-likeness (QED) is 0.482. The molecule has 4 rings (SSSR count). The van der Waals surface area contributed by atoms with Gasteiger partial charge in [-0.25, -0.2) is 4.90 Å². The molecule has 0 radical (unpaired) electrons. The maximum absolute atomic E-state index is 13.3. The van der Waals surface area contributed by atoms with Gasteiger partial charge in [-0.15, -0.1) is 23.1 Å². The van der Waals surface area contributed by atoms with Crippen molar-refractivity contribution < 1.29 is 14.3 Å². The summed E-state index contributed by atoms with van der Waals surface area (Å²) in [5.41, 5.74) is 2.11. The van der Waals surface area contributed by atoms with Crippen LogP contribution in [-0.2, 0) is 15.3 Å². The fourth-order valence-corrected chi connectivity index (χ4v) is 5.02. The van der Waals surface area contributed by atoms with Gasteiger partial charge in [-0.05, 0) is 36.1 Å². The van der Waals surface area contributed by atoms with Gasteiger partial charge in [-0.3, -0.25) is 9.59 Å². The molecule has 0 unspecified atom stereocenters. The summed E-state index contributed by atoms with van der Waals surface area (Å²) in [6.07, 6.45) is 0. The number of hydrogen-bond acceptors (Lipinski definition) is 5. The molecule has 0 aliphatic carbocycles. The molecular weight excluding hydrogens is 402 g/mol. The van der Waals surface area contributed by atoms with E-state index in [-0.39, 0.29) is 11.8 Å². The molecule has 1 aliphatic heterocycles. The van der Waals surface area contributed by atoms with E-state index in [1.165, 1.54) is 28.0 Å². The van der Waals surface area contributed by atoms with Gasteiger partial charge in [0, 0.05) is 16.7 Å². The molecule has 1 aliphatic rings. The molecule has 0 fully saturated rings. The molecule has 0 N–H and O–H groups in total. The van der Waals surface area contributed by atoms with Crippen LogP contribution in [0.4, 0.5) is 5.69 Å². The monoisotopic (exact) mass is 421 g/mol. The van der Waals surface area contributed by atoms with E-state index in [4.69, 9.17) is 4.74 Å². The number of hydrogen-bond donors (Lipinski definition) is 0. The van der Waals surface area contributed by atoms with E-state index in [0.29, 0.717) is 34.3 Å². The van der Waals surface area contributed by atoms with Crippen LogP contribution in [0.1, 0.15) is 17.4 Å². The van der Waals surface area contributed by atoms with Crippen LogP contribution in [-0.4, -0.2) is 18.4 Å². The summed E-state index contributed by atoms with van der Waals surface area (Å²) in [5, 5.41) is 1.91. The van der Waals surface area contributed by atoms with E-state index in [1.807, 2.05) is 60.8 Å². The van der Waals surface area contributed by atoms with Gasteiger partial charge in [0.05, 0.1) is 22.8 Å². The van der Waals surface area contributed by atoms with E-state index in [2.05, 4.69) is 0 Å². The molecule has 0 bridgehead atoms. The first-order valence-electron chi connectivity index (χ1n) is 9.25. The third-order valence-electron chi connectivity index (χ3n) is 4.42. The molecule has 0 atom stereocenters. The first-order chi connectivity index (χ1) is 14.2. The van der Waals surface area contributed by atoms with Crippen LogP contribution in [0.2, 0.25) is 0 Å². The third kappa shape index (κ3) is 3.99. The Morgan fingerprint density at radius 2 is 1.79 bits per heavy atom. The maximum Gasteiger partial charge on any atom is 0.272 e. The Morgan fingerprint density at radius 1 is 0.966 bits per heavy atom. The van der Waals surface area contributed by atoms with E-state index in [0.717, 1.165) is 10.4 Å². The second kappa shape index (κ2) is 8.68. The number of carbonyl (C=O) groups is 2. The average molecular weight is 422 g/mol. The van der Waals surface area contributed by atoms with Gasteiger partial charge in [-0.1, -0.05) is 42.5 Å². The molecule has 0 saturated heterocycles. The van der Waals surface area contributed by atoms with Crippen molar-refractivity contribution in [3.8, 4) is 5.75 Å². The van der Waals surface area contributed by atoms with Crippen molar-refractivity contribution in [2.24, 2.45) is 0 Å². The van der Waals surface area contributed by atoms with Gasteiger partial charge >= 0.3 is 0 Å². The summed E-state index contributed by atoms with van der Waals surface area (Å²) in [6.45, 7) is 2.41. The number of ether oxygens (including phenoxy) is 1. The highest BCUT2D eigenvalue weighted by molar-refractivity contribution is 8.03. The molecule has 1 aromatic heterocycles. The minimum atomic E-state index is -0.290. The lowest BCUT2D eigenvalue weighted by molar-refractivity contribution is -0.119. The van der Waals surface area contributed by atoms with Crippen molar-refractivity contribution in [1.82, 2.24) is 0 Å². The molecule has 2 amide bonds. The molecule has 2 heterocycles. The smallest absolute Gasteiger partial charge is 0.272 e. The number of rotatable bonds is 7. The molecule has 6 heteroatoms. The van der Waals surface area contributed by atoms with Gasteiger partial charge in [0.25, 0.3) is 11.8 Å². The van der Waals surface area contributed by atoms with Gasteiger partial charge in [0.2, 0.25) is 0 Å². The molecule has 2 aromatic carbocycles. The minimum Gasteiger partial charge on any atom is -0.494 e. The van der Waals surface area contributed by atoms with E-state index in [1.54, 1.807) is 18.2 Å². The fourth-order valence-electron chi connectivity index (χ4n) is 3.12. The maximum atomic E-state index is 13.3. The van der Waals surface area contributed by atoms with Crippen molar-refractivity contribution in [2.45, 2.75) is 12.7 Å². The molecule has 0 spiro atoms. The van der Waals surface area contributed by atoms with Gasteiger partial charge in [0.1, 0.15) is 5.75 Å². The zero-order valence-corrected chi connectivity index (χ0v) is 17.5. The Bertz CT molecular complexity index is 1060. The summed E-state index contributed by atoms with van der Waals surface area (Å²) >= 11 is 2.88. The van der Waals surface area contributed by atoms with Crippen molar-refractivity contribution in [1.29, 1.82) is 0 Å². The molecule has 29 heavy (non-hydrogen) atoms. The molecular formula is C23H19NO3S2. The van der Waals surface area contributed by atoms with Crippen LogP contribution in [0.3, 0.4) is 0 Å². The number of carbonyl (C=O) groups excluding carboxylic acids is 2. The predicted octanol–water partition coefficient (Wildman–Crippen LogP) is 5.36. The standard InChI is InChI=1S/C23H19NO3S2/c1-2-27-18-11-6-10-17(14-18)24-22(25)20(19-12-7-13-28-19)21(23(24)26)29-15-16-8-4-3-5-9-16/h3-14H,2,15H2,1H3. The number of anilines is 1. The zero-order valence-electron chi connectivity index (χ0n) is 15.8. The topological polar surface area (TPSA) is 46.6 Å². The van der Waals surface area contributed by atoms with Crippen LogP contribution < -0.4 is 9.64 Å². The molecule has 3 aromatic rings. The summed E-state index contributed by atoms with van der Waals surface area (Å²) in [6, 6.07) is 20.8. The highest BCUT2D eigenvalue weighted by Gasteiger charge is 2.40. The van der Waals surface area contributed by atoms with Crippen LogP contribution in [0.25, 0.3) is 5.57 Å². The van der Waals surface area contributed by atoms with Crippen molar-refractivity contribution in [3.05, 3.63) is 87.5 Å². The number of benzene rings is 2. The first kappa shape index (κ1) is 19.5. The van der Waals surface area contributed by atoms with Crippen LogP contribution in [0, 0.1) is 0 Å². The number of nitrogens with zero attached hydrogens (tertiary/aromatic N) is 1. The lowest BCUT2D eigenvalue weighted by Gasteiger charge is -2.16. The summed E-state index contributed by atoms with van der Waals surface area (Å²) in [5.74, 6) is 0.681. The summed E-state index contributed by atoms with van der Waals surface area (Å²) in [4.78, 5) is 29.2. The van der Waals surface area contributed by atoms with Crippen molar-refractivity contribution >= 4 is 46.2 Å². The van der Waals surface area contributed by atoms with E-state index in [9.17, 15) is 9.59 Å². The zero-order chi connectivity index (χ0) is 20.2. The number of thiophene rings is 1. The third-order valence-corrected chi connectivity index (χ3v) is 6.45. The fraction of sp³-hybridized carbons (Fsp3) is 0.130. The second-order valence-corrected chi connectivity index (χ2v) is 8.27. The van der Waals surface area contributed by atoms with Crippen molar-refractivity contribution in [3.63, 3.8) is 0 Å². The summed E-state index contributed by atoms with van der Waals surface area (Å²) < 4.78 is 5.54. The van der Waals surface area contributed by atoms with Crippen LogP contribution >= 0.6 is 23.1 Å². The lowest BCUT2D eigenvalue weighted by Crippen LogP contribution is -2.31. The summed E-state index contributed by atoms with van der Waals surface area (Å²) in [7, 11) is 0. The minimum absolute atomic E-state index is 0.284. The number of imide groups is 1. The van der Waals surface area contributed by atoms with Crippen LogP contribution in [0.15, 0.2) is 77.0 Å². The lowest BCUT2D eigenvalue weighted by atomic mass is 10.2. The predicted molar refractivity (Wildman–Crippen MR) is 119 cm³/mol. The van der Waals surface area contributed by atoms with Gasteiger partial charge < -0.3 is 4.74 Å². The highest BCUT2D eigenvalue weighted by atomic mass is 32.2. The second-order valence-electron chi connectivity index (χ2n) is 6.33. The number of amides is 2. The normalized spacial score (nSPS) is 14.0.